The van der Waals surface area contributed by atoms with Crippen LogP contribution in [0, 0.1) is 5.41 Å². The first-order chi connectivity index (χ1) is 6.29. The normalized spacial score (nSPS) is 17.1. The Kier molecular flexibility index (Phi) is 5.68. The molecule has 0 amide bonds. The summed E-state index contributed by atoms with van der Waals surface area (Å²) in [7, 11) is 2.13. The Morgan fingerprint density at radius 2 is 1.79 bits per heavy atom. The van der Waals surface area contributed by atoms with Crippen molar-refractivity contribution in [3.63, 3.8) is 0 Å². The summed E-state index contributed by atoms with van der Waals surface area (Å²) in [6, 6.07) is 0.613. The third-order valence-electron chi connectivity index (χ3n) is 3.10. The molecule has 0 aromatic carbocycles. The number of aliphatic hydroxyl groups excluding tert-OH is 1. The molecule has 2 heteroatoms. The van der Waals surface area contributed by atoms with Crippen molar-refractivity contribution in [1.29, 1.82) is 0 Å². The van der Waals surface area contributed by atoms with Crippen LogP contribution in [0.4, 0.5) is 0 Å². The minimum atomic E-state index is -0.200. The molecular formula is C12H27NO. The standard InChI is InChI=1S/C12H27NO/c1-7-10(2)13(6)9-8-11(14)12(3,4)5/h10-11,14H,7-9H2,1-6H3. The third kappa shape index (κ3) is 4.97. The molecule has 0 aliphatic heterocycles. The second kappa shape index (κ2) is 5.72. The van der Waals surface area contributed by atoms with Gasteiger partial charge in [0.1, 0.15) is 0 Å². The Hall–Kier alpha value is -0.0800. The van der Waals surface area contributed by atoms with Crippen LogP contribution in [-0.2, 0) is 0 Å². The van der Waals surface area contributed by atoms with Gasteiger partial charge in [-0.05, 0) is 32.2 Å². The van der Waals surface area contributed by atoms with Gasteiger partial charge in [0.25, 0.3) is 0 Å². The molecule has 86 valence electrons. The summed E-state index contributed by atoms with van der Waals surface area (Å²) >= 11 is 0. The van der Waals surface area contributed by atoms with E-state index in [9.17, 15) is 5.11 Å². The second-order valence-corrected chi connectivity index (χ2v) is 5.41. The zero-order valence-corrected chi connectivity index (χ0v) is 10.7. The molecule has 0 saturated heterocycles. The lowest BCUT2D eigenvalue weighted by Crippen LogP contribution is -2.34. The minimum Gasteiger partial charge on any atom is -0.393 e. The predicted octanol–water partition coefficient (Wildman–Crippen LogP) is 2.51. The summed E-state index contributed by atoms with van der Waals surface area (Å²) in [5.74, 6) is 0. The Bertz CT molecular complexity index is 151. The molecule has 0 rings (SSSR count). The summed E-state index contributed by atoms with van der Waals surface area (Å²) in [5.41, 5.74) is 0.0102. The number of aliphatic hydroxyl groups is 1. The molecule has 0 fully saturated rings. The van der Waals surface area contributed by atoms with Crippen molar-refractivity contribution in [3.05, 3.63) is 0 Å². The minimum absolute atomic E-state index is 0.0102. The maximum atomic E-state index is 9.86. The summed E-state index contributed by atoms with van der Waals surface area (Å²) in [4.78, 5) is 2.31. The molecule has 0 aromatic heterocycles. The van der Waals surface area contributed by atoms with Gasteiger partial charge in [-0.1, -0.05) is 27.7 Å². The maximum Gasteiger partial charge on any atom is 0.0600 e. The van der Waals surface area contributed by atoms with Gasteiger partial charge in [0, 0.05) is 12.6 Å². The largest absolute Gasteiger partial charge is 0.393 e. The van der Waals surface area contributed by atoms with Gasteiger partial charge in [0.05, 0.1) is 6.10 Å². The van der Waals surface area contributed by atoms with Crippen molar-refractivity contribution in [1.82, 2.24) is 4.90 Å². The van der Waals surface area contributed by atoms with Crippen LogP contribution in [0.1, 0.15) is 47.5 Å². The van der Waals surface area contributed by atoms with E-state index in [0.29, 0.717) is 6.04 Å². The second-order valence-electron chi connectivity index (χ2n) is 5.41. The zero-order chi connectivity index (χ0) is 11.4. The van der Waals surface area contributed by atoms with Crippen molar-refractivity contribution in [2.24, 2.45) is 5.41 Å². The van der Waals surface area contributed by atoms with Crippen LogP contribution in [0.15, 0.2) is 0 Å². The third-order valence-corrected chi connectivity index (χ3v) is 3.10. The Morgan fingerprint density at radius 3 is 2.14 bits per heavy atom. The van der Waals surface area contributed by atoms with Gasteiger partial charge in [-0.15, -0.1) is 0 Å². The van der Waals surface area contributed by atoms with Gasteiger partial charge in [0.15, 0.2) is 0 Å². The fourth-order valence-electron chi connectivity index (χ4n) is 1.29. The van der Waals surface area contributed by atoms with Crippen molar-refractivity contribution >= 4 is 0 Å². The van der Waals surface area contributed by atoms with Crippen LogP contribution in [-0.4, -0.2) is 35.7 Å². The fourth-order valence-corrected chi connectivity index (χ4v) is 1.29. The van der Waals surface area contributed by atoms with Gasteiger partial charge in [0.2, 0.25) is 0 Å². The summed E-state index contributed by atoms with van der Waals surface area (Å²) in [6.45, 7) is 11.7. The first-order valence-electron chi connectivity index (χ1n) is 5.67. The summed E-state index contributed by atoms with van der Waals surface area (Å²) in [6.07, 6.45) is 1.83. The van der Waals surface area contributed by atoms with Gasteiger partial charge < -0.3 is 10.0 Å². The van der Waals surface area contributed by atoms with Crippen LogP contribution in [0.3, 0.4) is 0 Å². The highest BCUT2D eigenvalue weighted by Crippen LogP contribution is 2.21. The summed E-state index contributed by atoms with van der Waals surface area (Å²) < 4.78 is 0. The Labute approximate surface area is 89.3 Å². The highest BCUT2D eigenvalue weighted by molar-refractivity contribution is 4.74. The Balaban J connectivity index is 3.83. The monoisotopic (exact) mass is 201 g/mol. The maximum absolute atomic E-state index is 9.86. The van der Waals surface area contributed by atoms with Crippen LogP contribution in [0.5, 0.6) is 0 Å². The topological polar surface area (TPSA) is 23.5 Å². The van der Waals surface area contributed by atoms with E-state index in [4.69, 9.17) is 0 Å². The molecule has 1 N–H and O–H groups in total. The molecule has 0 aliphatic rings. The van der Waals surface area contributed by atoms with E-state index in [-0.39, 0.29) is 11.5 Å². The van der Waals surface area contributed by atoms with Gasteiger partial charge in [-0.25, -0.2) is 0 Å². The lowest BCUT2D eigenvalue weighted by atomic mass is 9.87. The SMILES string of the molecule is CCC(C)N(C)CCC(O)C(C)(C)C. The Morgan fingerprint density at radius 1 is 1.29 bits per heavy atom. The van der Waals surface area contributed by atoms with E-state index < -0.39 is 0 Å². The molecule has 14 heavy (non-hydrogen) atoms. The number of hydrogen-bond acceptors (Lipinski definition) is 2. The van der Waals surface area contributed by atoms with Crippen LogP contribution in [0.25, 0.3) is 0 Å². The van der Waals surface area contributed by atoms with E-state index in [1.54, 1.807) is 0 Å². The molecule has 2 atom stereocenters. The van der Waals surface area contributed by atoms with Crippen LogP contribution >= 0.6 is 0 Å². The number of hydrogen-bond donors (Lipinski definition) is 1. The molecule has 2 nitrogen and oxygen atoms in total. The van der Waals surface area contributed by atoms with Crippen molar-refractivity contribution < 1.29 is 5.11 Å². The molecule has 0 aliphatic carbocycles. The zero-order valence-electron chi connectivity index (χ0n) is 10.7. The van der Waals surface area contributed by atoms with Gasteiger partial charge >= 0.3 is 0 Å². The van der Waals surface area contributed by atoms with Gasteiger partial charge in [-0.3, -0.25) is 0 Å². The molecule has 0 spiro atoms. The van der Waals surface area contributed by atoms with E-state index in [1.165, 1.54) is 6.42 Å². The predicted molar refractivity (Wildman–Crippen MR) is 62.5 cm³/mol. The first-order valence-corrected chi connectivity index (χ1v) is 5.67. The summed E-state index contributed by atoms with van der Waals surface area (Å²) in [5, 5.41) is 9.86. The molecule has 0 bridgehead atoms. The van der Waals surface area contributed by atoms with Crippen molar-refractivity contribution in [2.75, 3.05) is 13.6 Å². The fraction of sp³-hybridized carbons (Fsp3) is 1.00. The average Bonchev–Trinajstić information content (AvgIpc) is 2.10. The van der Waals surface area contributed by atoms with Crippen LogP contribution < -0.4 is 0 Å². The molecule has 0 radical (unpaired) electrons. The highest BCUT2D eigenvalue weighted by Gasteiger charge is 2.22. The molecule has 0 aromatic rings. The van der Waals surface area contributed by atoms with Crippen molar-refractivity contribution in [2.45, 2.75) is 59.6 Å². The van der Waals surface area contributed by atoms with Gasteiger partial charge in [-0.2, -0.15) is 0 Å². The average molecular weight is 201 g/mol. The number of rotatable bonds is 5. The highest BCUT2D eigenvalue weighted by atomic mass is 16.3. The van der Waals surface area contributed by atoms with E-state index >= 15 is 0 Å². The van der Waals surface area contributed by atoms with Crippen LogP contribution in [0.2, 0.25) is 0 Å². The first kappa shape index (κ1) is 13.9. The lowest BCUT2D eigenvalue weighted by molar-refractivity contribution is 0.0446. The molecule has 0 saturated carbocycles. The lowest BCUT2D eigenvalue weighted by Gasteiger charge is -2.29. The van der Waals surface area contributed by atoms with Crippen molar-refractivity contribution in [3.8, 4) is 0 Å². The number of nitrogens with zero attached hydrogens (tertiary/aromatic N) is 1. The van der Waals surface area contributed by atoms with E-state index in [1.807, 2.05) is 0 Å². The molecular weight excluding hydrogens is 174 g/mol. The van der Waals surface area contributed by atoms with E-state index in [2.05, 4.69) is 46.6 Å². The smallest absolute Gasteiger partial charge is 0.0600 e. The molecule has 2 unspecified atom stereocenters. The molecule has 0 heterocycles. The quantitative estimate of drug-likeness (QED) is 0.739. The van der Waals surface area contributed by atoms with E-state index in [0.717, 1.165) is 13.0 Å².